The van der Waals surface area contributed by atoms with Crippen LogP contribution in [0.4, 0.5) is 5.95 Å². The van der Waals surface area contributed by atoms with Gasteiger partial charge in [-0.25, -0.2) is 19.6 Å². The van der Waals surface area contributed by atoms with Crippen molar-refractivity contribution in [2.45, 2.75) is 32.9 Å². The second-order valence-electron chi connectivity index (χ2n) is 6.44. The summed E-state index contributed by atoms with van der Waals surface area (Å²) in [6, 6.07) is 1.66. The van der Waals surface area contributed by atoms with Crippen molar-refractivity contribution in [2.75, 3.05) is 37.6 Å². The lowest BCUT2D eigenvalue weighted by molar-refractivity contribution is -0.123. The molecule has 1 amide bonds. The smallest absolute Gasteiger partial charge is 0.234 e. The molecule has 1 saturated heterocycles. The van der Waals surface area contributed by atoms with Crippen molar-refractivity contribution in [3.05, 3.63) is 30.6 Å². The topological polar surface area (TPSA) is 92.1 Å². The van der Waals surface area contributed by atoms with Crippen LogP contribution < -0.4 is 10.2 Å². The lowest BCUT2D eigenvalue weighted by atomic mass is 10.3. The average molecular weight is 358 g/mol. The highest BCUT2D eigenvalue weighted by atomic mass is 16.2. The molecule has 26 heavy (non-hydrogen) atoms. The van der Waals surface area contributed by atoms with Crippen LogP contribution in [0, 0.1) is 0 Å². The molecule has 1 aliphatic rings. The van der Waals surface area contributed by atoms with E-state index in [4.69, 9.17) is 0 Å². The van der Waals surface area contributed by atoms with Crippen LogP contribution in [0.3, 0.4) is 0 Å². The maximum Gasteiger partial charge on any atom is 0.234 e. The molecule has 0 radical (unpaired) electrons. The molecule has 1 aliphatic heterocycles. The summed E-state index contributed by atoms with van der Waals surface area (Å²) in [6.45, 7) is 8.48. The third-order valence-corrected chi connectivity index (χ3v) is 4.42. The lowest BCUT2D eigenvalue weighted by Gasteiger charge is -2.34. The standard InChI is InChI=1S/C17H26N8O/c1-3-7-25-16(20-13-21-25)14(2)22-15(26)12-23-8-10-24(11-9-23)17-18-5-4-6-19-17/h4-6,13-14H,3,7-12H2,1-2H3,(H,22,26)/t14-/m1/s1. The minimum Gasteiger partial charge on any atom is -0.345 e. The van der Waals surface area contributed by atoms with Gasteiger partial charge in [-0.2, -0.15) is 5.10 Å². The molecule has 2 aromatic rings. The van der Waals surface area contributed by atoms with Crippen LogP contribution >= 0.6 is 0 Å². The van der Waals surface area contributed by atoms with Gasteiger partial charge in [-0.05, 0) is 19.4 Å². The van der Waals surface area contributed by atoms with Gasteiger partial charge in [0, 0.05) is 45.1 Å². The maximum absolute atomic E-state index is 12.4. The summed E-state index contributed by atoms with van der Waals surface area (Å²) in [4.78, 5) is 29.5. The van der Waals surface area contributed by atoms with Gasteiger partial charge in [-0.1, -0.05) is 6.92 Å². The fourth-order valence-corrected chi connectivity index (χ4v) is 3.11. The average Bonchev–Trinajstić information content (AvgIpc) is 3.12. The molecule has 0 saturated carbocycles. The highest BCUT2D eigenvalue weighted by Crippen LogP contribution is 2.11. The largest absolute Gasteiger partial charge is 0.345 e. The zero-order valence-corrected chi connectivity index (χ0v) is 15.4. The zero-order valence-electron chi connectivity index (χ0n) is 15.4. The van der Waals surface area contributed by atoms with E-state index >= 15 is 0 Å². The predicted octanol–water partition coefficient (Wildman–Crippen LogP) is 0.478. The molecule has 2 aromatic heterocycles. The number of carbonyl (C=O) groups excluding carboxylic acids is 1. The van der Waals surface area contributed by atoms with Gasteiger partial charge in [0.05, 0.1) is 12.6 Å². The van der Waals surface area contributed by atoms with Crippen LogP contribution in [0.15, 0.2) is 24.8 Å². The summed E-state index contributed by atoms with van der Waals surface area (Å²) in [6.07, 6.45) is 6.02. The van der Waals surface area contributed by atoms with Crippen LogP contribution in [0.2, 0.25) is 0 Å². The quantitative estimate of drug-likeness (QED) is 0.769. The lowest BCUT2D eigenvalue weighted by Crippen LogP contribution is -2.50. The van der Waals surface area contributed by atoms with Crippen LogP contribution in [0.5, 0.6) is 0 Å². The number of nitrogens with zero attached hydrogens (tertiary/aromatic N) is 7. The first kappa shape index (κ1) is 18.2. The fraction of sp³-hybridized carbons (Fsp3) is 0.588. The third kappa shape index (κ3) is 4.54. The molecule has 1 fully saturated rings. The van der Waals surface area contributed by atoms with E-state index in [0.29, 0.717) is 6.54 Å². The molecule has 0 aliphatic carbocycles. The third-order valence-electron chi connectivity index (χ3n) is 4.42. The van der Waals surface area contributed by atoms with E-state index in [0.717, 1.165) is 50.9 Å². The number of aryl methyl sites for hydroxylation is 1. The van der Waals surface area contributed by atoms with E-state index < -0.39 is 0 Å². The van der Waals surface area contributed by atoms with Crippen molar-refractivity contribution >= 4 is 11.9 Å². The highest BCUT2D eigenvalue weighted by molar-refractivity contribution is 5.78. The predicted molar refractivity (Wildman–Crippen MR) is 97.6 cm³/mol. The van der Waals surface area contributed by atoms with Crippen molar-refractivity contribution in [3.63, 3.8) is 0 Å². The van der Waals surface area contributed by atoms with E-state index in [-0.39, 0.29) is 11.9 Å². The van der Waals surface area contributed by atoms with E-state index in [1.54, 1.807) is 18.7 Å². The number of hydrogen-bond donors (Lipinski definition) is 1. The fourth-order valence-electron chi connectivity index (χ4n) is 3.11. The van der Waals surface area contributed by atoms with Crippen LogP contribution in [-0.4, -0.2) is 68.3 Å². The van der Waals surface area contributed by atoms with Crippen LogP contribution in [0.1, 0.15) is 32.1 Å². The maximum atomic E-state index is 12.4. The molecule has 0 aromatic carbocycles. The van der Waals surface area contributed by atoms with Crippen LogP contribution in [0.25, 0.3) is 0 Å². The molecule has 3 rings (SSSR count). The molecule has 9 nitrogen and oxygen atoms in total. The Morgan fingerprint density at radius 3 is 2.62 bits per heavy atom. The van der Waals surface area contributed by atoms with Crippen molar-refractivity contribution in [2.24, 2.45) is 0 Å². The molecule has 1 N–H and O–H groups in total. The molecule has 3 heterocycles. The SMILES string of the molecule is CCCn1ncnc1[C@@H](C)NC(=O)CN1CCN(c2ncccn2)CC1. The van der Waals surface area contributed by atoms with Gasteiger partial charge in [0.2, 0.25) is 11.9 Å². The summed E-state index contributed by atoms with van der Waals surface area (Å²) >= 11 is 0. The Morgan fingerprint density at radius 1 is 1.19 bits per heavy atom. The zero-order chi connectivity index (χ0) is 18.4. The molecule has 0 bridgehead atoms. The number of nitrogens with one attached hydrogen (secondary N) is 1. The Morgan fingerprint density at radius 2 is 1.92 bits per heavy atom. The van der Waals surface area contributed by atoms with E-state index in [2.05, 4.69) is 42.1 Å². The Labute approximate surface area is 153 Å². The number of anilines is 1. The monoisotopic (exact) mass is 358 g/mol. The van der Waals surface area contributed by atoms with Gasteiger partial charge in [-0.3, -0.25) is 9.69 Å². The van der Waals surface area contributed by atoms with Gasteiger partial charge in [0.25, 0.3) is 0 Å². The van der Waals surface area contributed by atoms with Crippen molar-refractivity contribution < 1.29 is 4.79 Å². The Kier molecular flexibility index (Phi) is 6.11. The van der Waals surface area contributed by atoms with E-state index in [1.165, 1.54) is 0 Å². The number of hydrogen-bond acceptors (Lipinski definition) is 7. The summed E-state index contributed by atoms with van der Waals surface area (Å²) in [5.74, 6) is 1.56. The second-order valence-corrected chi connectivity index (χ2v) is 6.44. The van der Waals surface area contributed by atoms with E-state index in [9.17, 15) is 4.79 Å². The summed E-state index contributed by atoms with van der Waals surface area (Å²) in [7, 11) is 0. The van der Waals surface area contributed by atoms with Crippen LogP contribution in [-0.2, 0) is 11.3 Å². The van der Waals surface area contributed by atoms with Gasteiger partial charge in [0.1, 0.15) is 12.2 Å². The van der Waals surface area contributed by atoms with E-state index in [1.807, 2.05) is 17.7 Å². The molecule has 0 spiro atoms. The molecule has 140 valence electrons. The molecule has 1 atom stereocenters. The summed E-state index contributed by atoms with van der Waals surface area (Å²) in [5, 5.41) is 7.24. The summed E-state index contributed by atoms with van der Waals surface area (Å²) in [5.41, 5.74) is 0. The number of piperazine rings is 1. The highest BCUT2D eigenvalue weighted by Gasteiger charge is 2.22. The molecule has 9 heteroatoms. The molecular weight excluding hydrogens is 332 g/mol. The second kappa shape index (κ2) is 8.70. The summed E-state index contributed by atoms with van der Waals surface area (Å²) < 4.78 is 1.85. The van der Waals surface area contributed by atoms with Gasteiger partial charge in [-0.15, -0.1) is 0 Å². The van der Waals surface area contributed by atoms with Gasteiger partial charge >= 0.3 is 0 Å². The first-order chi connectivity index (χ1) is 12.7. The Bertz CT molecular complexity index is 696. The Hall–Kier alpha value is -2.55. The van der Waals surface area contributed by atoms with Gasteiger partial charge in [0.15, 0.2) is 0 Å². The van der Waals surface area contributed by atoms with Crippen molar-refractivity contribution in [3.8, 4) is 0 Å². The Balaban J connectivity index is 1.46. The molecule has 0 unspecified atom stereocenters. The minimum atomic E-state index is -0.157. The number of carbonyl (C=O) groups is 1. The normalized spacial score (nSPS) is 16.5. The first-order valence-corrected chi connectivity index (χ1v) is 9.08. The number of aromatic nitrogens is 5. The number of amides is 1. The molecular formula is C17H26N8O. The number of rotatable bonds is 7. The van der Waals surface area contributed by atoms with Crippen molar-refractivity contribution in [1.82, 2.24) is 34.9 Å². The van der Waals surface area contributed by atoms with Crippen molar-refractivity contribution in [1.29, 1.82) is 0 Å². The van der Waals surface area contributed by atoms with Gasteiger partial charge < -0.3 is 10.2 Å². The first-order valence-electron chi connectivity index (χ1n) is 9.08. The minimum absolute atomic E-state index is 0.00737.